The normalized spacial score (nSPS) is 10.7. The van der Waals surface area contributed by atoms with Gasteiger partial charge in [0.25, 0.3) is 5.91 Å². The molecule has 1 heterocycles. The summed E-state index contributed by atoms with van der Waals surface area (Å²) in [7, 11) is 1.61. The predicted molar refractivity (Wildman–Crippen MR) is 95.6 cm³/mol. The highest BCUT2D eigenvalue weighted by Gasteiger charge is 2.19. The number of carbonyl (C=O) groups is 2. The molecule has 25 heavy (non-hydrogen) atoms. The summed E-state index contributed by atoms with van der Waals surface area (Å²) in [5.74, 6) is -0.825. The Kier molecular flexibility index (Phi) is 6.89. The fraction of sp³-hybridized carbons (Fsp3) is 0.421. The van der Waals surface area contributed by atoms with Gasteiger partial charge >= 0.3 is 5.97 Å². The molecule has 6 nitrogen and oxygen atoms in total. The van der Waals surface area contributed by atoms with E-state index in [0.29, 0.717) is 25.1 Å². The molecule has 0 aliphatic heterocycles. The smallest absolute Gasteiger partial charge is 0.339 e. The van der Waals surface area contributed by atoms with E-state index in [2.05, 4.69) is 10.3 Å². The Hall–Kier alpha value is -2.47. The molecule has 0 saturated carbocycles. The fourth-order valence-electron chi connectivity index (χ4n) is 2.66. The van der Waals surface area contributed by atoms with Crippen molar-refractivity contribution in [3.05, 3.63) is 41.1 Å². The first kappa shape index (κ1) is 18.9. The first-order valence-corrected chi connectivity index (χ1v) is 8.39. The molecule has 134 valence electrons. The first-order valence-electron chi connectivity index (χ1n) is 8.39. The van der Waals surface area contributed by atoms with E-state index in [9.17, 15) is 9.59 Å². The van der Waals surface area contributed by atoms with Gasteiger partial charge in [-0.15, -0.1) is 0 Å². The van der Waals surface area contributed by atoms with Crippen molar-refractivity contribution in [1.82, 2.24) is 10.3 Å². The van der Waals surface area contributed by atoms with Crippen molar-refractivity contribution in [2.75, 3.05) is 26.9 Å². The number of rotatable bonds is 8. The summed E-state index contributed by atoms with van der Waals surface area (Å²) in [6.07, 6.45) is 1.43. The number of amides is 1. The lowest BCUT2D eigenvalue weighted by Crippen LogP contribution is -2.30. The monoisotopic (exact) mass is 344 g/mol. The molecule has 0 fully saturated rings. The van der Waals surface area contributed by atoms with Gasteiger partial charge in [-0.05, 0) is 31.4 Å². The molecule has 0 saturated heterocycles. The van der Waals surface area contributed by atoms with E-state index in [1.54, 1.807) is 7.11 Å². The lowest BCUT2D eigenvalue weighted by molar-refractivity contribution is -0.124. The van der Waals surface area contributed by atoms with Crippen LogP contribution < -0.4 is 5.32 Å². The van der Waals surface area contributed by atoms with Crippen LogP contribution in [0.2, 0.25) is 0 Å². The molecular weight excluding hydrogens is 320 g/mol. The average Bonchev–Trinajstić information content (AvgIpc) is 2.62. The second-order valence-electron chi connectivity index (χ2n) is 5.70. The zero-order valence-corrected chi connectivity index (χ0v) is 14.9. The molecule has 0 unspecified atom stereocenters. The molecule has 0 aliphatic carbocycles. The number of hydrogen-bond donors (Lipinski definition) is 1. The SMILES string of the molecule is CCc1nc2ccccc2c(C(=O)OCC(=O)NCCCOC)c1C. The highest BCUT2D eigenvalue weighted by Crippen LogP contribution is 2.24. The van der Waals surface area contributed by atoms with Crippen LogP contribution in [0.5, 0.6) is 0 Å². The number of hydrogen-bond acceptors (Lipinski definition) is 5. The topological polar surface area (TPSA) is 77.5 Å². The van der Waals surface area contributed by atoms with Gasteiger partial charge < -0.3 is 14.8 Å². The summed E-state index contributed by atoms with van der Waals surface area (Å²) < 4.78 is 10.1. The van der Waals surface area contributed by atoms with Crippen molar-refractivity contribution in [3.63, 3.8) is 0 Å². The molecule has 2 rings (SSSR count). The van der Waals surface area contributed by atoms with Crippen molar-refractivity contribution >= 4 is 22.8 Å². The summed E-state index contributed by atoms with van der Waals surface area (Å²) in [5.41, 5.74) is 2.89. The number of pyridine rings is 1. The van der Waals surface area contributed by atoms with E-state index >= 15 is 0 Å². The molecule has 0 spiro atoms. The molecule has 0 radical (unpaired) electrons. The number of fused-ring (bicyclic) bond motifs is 1. The Morgan fingerprint density at radius 1 is 1.24 bits per heavy atom. The summed E-state index contributed by atoms with van der Waals surface area (Å²) in [6.45, 7) is 4.61. The highest BCUT2D eigenvalue weighted by molar-refractivity contribution is 6.05. The Bertz CT molecular complexity index is 758. The molecule has 1 aromatic heterocycles. The minimum Gasteiger partial charge on any atom is -0.452 e. The number of methoxy groups -OCH3 is 1. The van der Waals surface area contributed by atoms with Crippen molar-refractivity contribution in [1.29, 1.82) is 0 Å². The summed E-state index contributed by atoms with van der Waals surface area (Å²) in [6, 6.07) is 7.45. The van der Waals surface area contributed by atoms with Crippen molar-refractivity contribution in [3.8, 4) is 0 Å². The van der Waals surface area contributed by atoms with Gasteiger partial charge in [-0.2, -0.15) is 0 Å². The fourth-order valence-corrected chi connectivity index (χ4v) is 2.66. The van der Waals surface area contributed by atoms with Gasteiger partial charge in [-0.3, -0.25) is 9.78 Å². The van der Waals surface area contributed by atoms with E-state index in [-0.39, 0.29) is 12.5 Å². The van der Waals surface area contributed by atoms with Gasteiger partial charge in [0.2, 0.25) is 0 Å². The molecule has 0 bridgehead atoms. The zero-order valence-electron chi connectivity index (χ0n) is 14.9. The molecule has 6 heteroatoms. The van der Waals surface area contributed by atoms with E-state index in [4.69, 9.17) is 9.47 Å². The molecule has 2 aromatic rings. The van der Waals surface area contributed by atoms with Gasteiger partial charge in [0.15, 0.2) is 6.61 Å². The number of para-hydroxylation sites is 1. The number of nitrogens with one attached hydrogen (secondary N) is 1. The molecule has 0 aliphatic rings. The number of aromatic nitrogens is 1. The Morgan fingerprint density at radius 3 is 2.72 bits per heavy atom. The average molecular weight is 344 g/mol. The second-order valence-corrected chi connectivity index (χ2v) is 5.70. The van der Waals surface area contributed by atoms with Gasteiger partial charge in [0.05, 0.1) is 11.1 Å². The third kappa shape index (κ3) is 4.76. The lowest BCUT2D eigenvalue weighted by atomic mass is 10.0. The van der Waals surface area contributed by atoms with Crippen LogP contribution in [0.15, 0.2) is 24.3 Å². The number of ether oxygens (including phenoxy) is 2. The van der Waals surface area contributed by atoms with Gasteiger partial charge in [0.1, 0.15) is 0 Å². The molecule has 1 aromatic carbocycles. The Morgan fingerprint density at radius 2 is 2.00 bits per heavy atom. The number of carbonyl (C=O) groups excluding carboxylic acids is 2. The number of nitrogens with zero attached hydrogens (tertiary/aromatic N) is 1. The third-order valence-electron chi connectivity index (χ3n) is 3.96. The van der Waals surface area contributed by atoms with Crippen LogP contribution in [0, 0.1) is 6.92 Å². The van der Waals surface area contributed by atoms with Gasteiger partial charge in [-0.25, -0.2) is 4.79 Å². The molecule has 1 N–H and O–H groups in total. The minimum atomic E-state index is -0.502. The second kappa shape index (κ2) is 9.13. The minimum absolute atomic E-state index is 0.302. The van der Waals surface area contributed by atoms with Gasteiger partial charge in [0, 0.05) is 31.3 Å². The standard InChI is InChI=1S/C19H24N2O4/c1-4-15-13(2)18(14-8-5-6-9-16(14)21-15)19(23)25-12-17(22)20-10-7-11-24-3/h5-6,8-9H,4,7,10-12H2,1-3H3,(H,20,22). The van der Waals surface area contributed by atoms with E-state index < -0.39 is 5.97 Å². The lowest BCUT2D eigenvalue weighted by Gasteiger charge is -2.13. The predicted octanol–water partition coefficient (Wildman–Crippen LogP) is 2.42. The van der Waals surface area contributed by atoms with Crippen LogP contribution in [0.3, 0.4) is 0 Å². The highest BCUT2D eigenvalue weighted by atomic mass is 16.5. The number of benzene rings is 1. The first-order chi connectivity index (χ1) is 12.1. The summed E-state index contributed by atoms with van der Waals surface area (Å²) >= 11 is 0. The maximum Gasteiger partial charge on any atom is 0.339 e. The van der Waals surface area contributed by atoms with Crippen molar-refractivity contribution < 1.29 is 19.1 Å². The third-order valence-corrected chi connectivity index (χ3v) is 3.96. The van der Waals surface area contributed by atoms with E-state index in [1.165, 1.54) is 0 Å². The molecule has 1 amide bonds. The van der Waals surface area contributed by atoms with Crippen LogP contribution in [-0.4, -0.2) is 43.7 Å². The zero-order chi connectivity index (χ0) is 18.2. The van der Waals surface area contributed by atoms with Crippen molar-refractivity contribution in [2.45, 2.75) is 26.7 Å². The maximum absolute atomic E-state index is 12.6. The van der Waals surface area contributed by atoms with E-state index in [0.717, 1.165) is 28.6 Å². The van der Waals surface area contributed by atoms with Crippen LogP contribution in [0.25, 0.3) is 10.9 Å². The van der Waals surface area contributed by atoms with Crippen LogP contribution in [0.4, 0.5) is 0 Å². The number of aryl methyl sites for hydroxylation is 1. The molecular formula is C19H24N2O4. The quantitative estimate of drug-likeness (QED) is 0.588. The van der Waals surface area contributed by atoms with Gasteiger partial charge in [-0.1, -0.05) is 25.1 Å². The van der Waals surface area contributed by atoms with Crippen molar-refractivity contribution in [2.24, 2.45) is 0 Å². The summed E-state index contributed by atoms with van der Waals surface area (Å²) in [4.78, 5) is 28.9. The molecule has 0 atom stereocenters. The Balaban J connectivity index is 2.11. The van der Waals surface area contributed by atoms with Crippen LogP contribution >= 0.6 is 0 Å². The largest absolute Gasteiger partial charge is 0.452 e. The number of esters is 1. The summed E-state index contributed by atoms with van der Waals surface area (Å²) in [5, 5.41) is 3.43. The van der Waals surface area contributed by atoms with E-state index in [1.807, 2.05) is 38.1 Å². The Labute approximate surface area is 147 Å². The van der Waals surface area contributed by atoms with Crippen LogP contribution in [0.1, 0.15) is 35.0 Å². The maximum atomic E-state index is 12.6. The van der Waals surface area contributed by atoms with Crippen LogP contribution in [-0.2, 0) is 20.7 Å².